The largest absolute Gasteiger partial charge is 0.493 e. The zero-order chi connectivity index (χ0) is 20.5. The molecular formula is C20H20N4O5. The van der Waals surface area contributed by atoms with Crippen LogP contribution in [-0.4, -0.2) is 57.2 Å². The molecule has 1 amide bonds. The van der Waals surface area contributed by atoms with Gasteiger partial charge in [0, 0.05) is 18.9 Å². The number of hydrogen-bond acceptors (Lipinski definition) is 6. The SMILES string of the molecule is COc1cc2c(cc1OC)C(CC(=O)O)N(C(=O)c1cnn3cccnc13)CC2. The van der Waals surface area contributed by atoms with Gasteiger partial charge in [-0.1, -0.05) is 0 Å². The van der Waals surface area contributed by atoms with E-state index in [-0.39, 0.29) is 12.3 Å². The van der Waals surface area contributed by atoms with Crippen LogP contribution in [0, 0.1) is 0 Å². The zero-order valence-corrected chi connectivity index (χ0v) is 16.0. The molecule has 1 unspecified atom stereocenters. The first-order valence-corrected chi connectivity index (χ1v) is 9.09. The van der Waals surface area contributed by atoms with E-state index in [2.05, 4.69) is 10.1 Å². The van der Waals surface area contributed by atoms with Gasteiger partial charge in [0.15, 0.2) is 17.1 Å². The predicted molar refractivity (Wildman–Crippen MR) is 102 cm³/mol. The Kier molecular flexibility index (Phi) is 4.79. The molecule has 0 bridgehead atoms. The summed E-state index contributed by atoms with van der Waals surface area (Å²) in [6, 6.07) is 4.69. The maximum Gasteiger partial charge on any atom is 0.305 e. The van der Waals surface area contributed by atoms with Gasteiger partial charge in [-0.25, -0.2) is 9.50 Å². The molecule has 3 aromatic rings. The van der Waals surface area contributed by atoms with Crippen molar-refractivity contribution >= 4 is 17.5 Å². The van der Waals surface area contributed by atoms with Crippen LogP contribution in [0.3, 0.4) is 0 Å². The van der Waals surface area contributed by atoms with E-state index in [4.69, 9.17) is 9.47 Å². The molecule has 2 aromatic heterocycles. The minimum absolute atomic E-state index is 0.221. The first kappa shape index (κ1) is 18.7. The lowest BCUT2D eigenvalue weighted by Gasteiger charge is -2.37. The lowest BCUT2D eigenvalue weighted by Crippen LogP contribution is -2.41. The number of carboxylic acid groups (broad SMARTS) is 1. The van der Waals surface area contributed by atoms with Gasteiger partial charge < -0.3 is 19.5 Å². The van der Waals surface area contributed by atoms with Crippen LogP contribution in [0.25, 0.3) is 5.65 Å². The average molecular weight is 396 g/mol. The van der Waals surface area contributed by atoms with E-state index < -0.39 is 12.0 Å². The number of amides is 1. The number of carbonyl (C=O) groups excluding carboxylic acids is 1. The number of benzene rings is 1. The Bertz CT molecular complexity index is 1090. The Morgan fingerprint density at radius 2 is 2.00 bits per heavy atom. The summed E-state index contributed by atoms with van der Waals surface area (Å²) in [4.78, 5) is 30.8. The fraction of sp³-hybridized carbons (Fsp3) is 0.300. The second-order valence-electron chi connectivity index (χ2n) is 6.71. The van der Waals surface area contributed by atoms with Crippen molar-refractivity contribution in [1.29, 1.82) is 0 Å². The third kappa shape index (κ3) is 3.24. The van der Waals surface area contributed by atoms with Crippen LogP contribution < -0.4 is 9.47 Å². The summed E-state index contributed by atoms with van der Waals surface area (Å²) in [5, 5.41) is 13.7. The maximum absolute atomic E-state index is 13.3. The average Bonchev–Trinajstić information content (AvgIpc) is 3.16. The topological polar surface area (TPSA) is 106 Å². The first-order valence-electron chi connectivity index (χ1n) is 9.09. The van der Waals surface area contributed by atoms with Crippen LogP contribution in [0.1, 0.15) is 33.9 Å². The van der Waals surface area contributed by atoms with Crippen LogP contribution >= 0.6 is 0 Å². The number of carbonyl (C=O) groups is 2. The molecule has 29 heavy (non-hydrogen) atoms. The molecule has 9 heteroatoms. The van der Waals surface area contributed by atoms with E-state index in [0.717, 1.165) is 11.1 Å². The minimum Gasteiger partial charge on any atom is -0.493 e. The van der Waals surface area contributed by atoms with E-state index >= 15 is 0 Å². The van der Waals surface area contributed by atoms with E-state index in [1.165, 1.54) is 17.8 Å². The number of nitrogens with zero attached hydrogens (tertiary/aromatic N) is 4. The highest BCUT2D eigenvalue weighted by molar-refractivity contribution is 6.00. The summed E-state index contributed by atoms with van der Waals surface area (Å²) in [6.07, 6.45) is 5.11. The highest BCUT2D eigenvalue weighted by Crippen LogP contribution is 2.40. The van der Waals surface area contributed by atoms with E-state index in [9.17, 15) is 14.7 Å². The zero-order valence-electron chi connectivity index (χ0n) is 16.0. The quantitative estimate of drug-likeness (QED) is 0.703. The van der Waals surface area contributed by atoms with Gasteiger partial charge in [-0.3, -0.25) is 9.59 Å². The van der Waals surface area contributed by atoms with Crippen molar-refractivity contribution in [2.75, 3.05) is 20.8 Å². The van der Waals surface area contributed by atoms with Crippen molar-refractivity contribution < 1.29 is 24.2 Å². The highest BCUT2D eigenvalue weighted by Gasteiger charge is 2.35. The van der Waals surface area contributed by atoms with Crippen LogP contribution in [0.15, 0.2) is 36.8 Å². The Balaban J connectivity index is 1.78. The van der Waals surface area contributed by atoms with Crippen LogP contribution in [-0.2, 0) is 11.2 Å². The summed E-state index contributed by atoms with van der Waals surface area (Å²) < 4.78 is 12.3. The number of aliphatic carboxylic acids is 1. The molecule has 1 aromatic carbocycles. The van der Waals surface area contributed by atoms with Gasteiger partial charge >= 0.3 is 5.97 Å². The number of fused-ring (bicyclic) bond motifs is 2. The second-order valence-corrected chi connectivity index (χ2v) is 6.71. The fourth-order valence-electron chi connectivity index (χ4n) is 3.79. The molecular weight excluding hydrogens is 376 g/mol. The normalized spacial score (nSPS) is 15.8. The third-order valence-electron chi connectivity index (χ3n) is 5.14. The molecule has 0 fully saturated rings. The van der Waals surface area contributed by atoms with Gasteiger partial charge in [0.05, 0.1) is 32.9 Å². The molecule has 3 heterocycles. The monoisotopic (exact) mass is 396 g/mol. The Labute approximate surface area is 166 Å². The molecule has 4 rings (SSSR count). The maximum atomic E-state index is 13.3. The van der Waals surface area contributed by atoms with Gasteiger partial charge in [0.25, 0.3) is 5.91 Å². The van der Waals surface area contributed by atoms with Gasteiger partial charge in [-0.2, -0.15) is 5.10 Å². The van der Waals surface area contributed by atoms with E-state index in [0.29, 0.717) is 35.7 Å². The lowest BCUT2D eigenvalue weighted by atomic mass is 9.89. The summed E-state index contributed by atoms with van der Waals surface area (Å²) in [7, 11) is 3.07. The summed E-state index contributed by atoms with van der Waals surface area (Å²) >= 11 is 0. The van der Waals surface area contributed by atoms with Gasteiger partial charge in [0.2, 0.25) is 0 Å². The third-order valence-corrected chi connectivity index (χ3v) is 5.14. The summed E-state index contributed by atoms with van der Waals surface area (Å²) in [5.41, 5.74) is 2.46. The van der Waals surface area contributed by atoms with Crippen molar-refractivity contribution in [2.24, 2.45) is 0 Å². The van der Waals surface area contributed by atoms with Gasteiger partial charge in [-0.05, 0) is 35.7 Å². The first-order chi connectivity index (χ1) is 14.0. The Morgan fingerprint density at radius 3 is 2.72 bits per heavy atom. The molecule has 1 aliphatic heterocycles. The Morgan fingerprint density at radius 1 is 1.24 bits per heavy atom. The van der Waals surface area contributed by atoms with Crippen molar-refractivity contribution in [3.63, 3.8) is 0 Å². The number of rotatable bonds is 5. The highest BCUT2D eigenvalue weighted by atomic mass is 16.5. The number of carboxylic acids is 1. The molecule has 1 atom stereocenters. The fourth-order valence-corrected chi connectivity index (χ4v) is 3.79. The molecule has 0 radical (unpaired) electrons. The standard InChI is InChI=1S/C20H20N4O5/c1-28-16-8-12-4-7-23(15(10-18(25)26)13(12)9-17(16)29-2)20(27)14-11-22-24-6-3-5-21-19(14)24/h3,5-6,8-9,11,15H,4,7,10H2,1-2H3,(H,25,26). The predicted octanol–water partition coefficient (Wildman–Crippen LogP) is 1.96. The number of methoxy groups -OCH3 is 2. The minimum atomic E-state index is -0.992. The molecule has 9 nitrogen and oxygen atoms in total. The number of hydrogen-bond donors (Lipinski definition) is 1. The molecule has 150 valence electrons. The van der Waals surface area contributed by atoms with Gasteiger partial charge in [0.1, 0.15) is 5.56 Å². The Hall–Kier alpha value is -3.62. The molecule has 1 aliphatic rings. The van der Waals surface area contributed by atoms with E-state index in [1.807, 2.05) is 6.07 Å². The van der Waals surface area contributed by atoms with Gasteiger partial charge in [-0.15, -0.1) is 0 Å². The van der Waals surface area contributed by atoms with E-state index in [1.54, 1.807) is 36.5 Å². The van der Waals surface area contributed by atoms with Crippen molar-refractivity contribution in [1.82, 2.24) is 19.5 Å². The van der Waals surface area contributed by atoms with Crippen LogP contribution in [0.4, 0.5) is 0 Å². The molecule has 0 saturated heterocycles. The smallest absolute Gasteiger partial charge is 0.305 e. The molecule has 0 saturated carbocycles. The number of aromatic nitrogens is 3. The van der Waals surface area contributed by atoms with Crippen LogP contribution in [0.2, 0.25) is 0 Å². The van der Waals surface area contributed by atoms with Crippen molar-refractivity contribution in [3.05, 3.63) is 53.5 Å². The number of ether oxygens (including phenoxy) is 2. The lowest BCUT2D eigenvalue weighted by molar-refractivity contribution is -0.138. The van der Waals surface area contributed by atoms with Crippen molar-refractivity contribution in [3.8, 4) is 11.5 Å². The molecule has 0 aliphatic carbocycles. The molecule has 0 spiro atoms. The summed E-state index contributed by atoms with van der Waals surface area (Å²) in [6.45, 7) is 0.378. The van der Waals surface area contributed by atoms with Crippen molar-refractivity contribution in [2.45, 2.75) is 18.9 Å². The summed E-state index contributed by atoms with van der Waals surface area (Å²) in [5.74, 6) is -0.223. The molecule has 1 N–H and O–H groups in total. The second kappa shape index (κ2) is 7.42. The van der Waals surface area contributed by atoms with Crippen LogP contribution in [0.5, 0.6) is 11.5 Å².